The lowest BCUT2D eigenvalue weighted by Gasteiger charge is -2.06. The summed E-state index contributed by atoms with van der Waals surface area (Å²) in [6, 6.07) is 0. The maximum Gasteiger partial charge on any atom is 0.442 e. The molecule has 7 heteroatoms. The van der Waals surface area contributed by atoms with Gasteiger partial charge in [0.05, 0.1) is 0 Å². The van der Waals surface area contributed by atoms with E-state index in [1.165, 1.54) is 0 Å². The minimum absolute atomic E-state index is 0.190. The van der Waals surface area contributed by atoms with Gasteiger partial charge in [-0.3, -0.25) is 9.59 Å². The molecule has 1 heterocycles. The van der Waals surface area contributed by atoms with Crippen molar-refractivity contribution in [3.05, 3.63) is 11.1 Å². The van der Waals surface area contributed by atoms with Gasteiger partial charge in [-0.2, -0.15) is 4.90 Å². The molecule has 3 amide bonds. The van der Waals surface area contributed by atoms with Gasteiger partial charge >= 0.3 is 6.09 Å². The van der Waals surface area contributed by atoms with Crippen molar-refractivity contribution in [3.63, 3.8) is 0 Å². The maximum atomic E-state index is 10.9. The highest BCUT2D eigenvalue weighted by molar-refractivity contribution is 6.48. The smallest absolute Gasteiger partial charge is 0.329 e. The third-order valence-corrected chi connectivity index (χ3v) is 1.53. The van der Waals surface area contributed by atoms with Gasteiger partial charge in [0.1, 0.15) is 16.9 Å². The molecule has 1 aliphatic rings. The van der Waals surface area contributed by atoms with Crippen LogP contribution in [0, 0.1) is 0 Å². The standard InChI is InChI=1S/C5HCl2NO4/c6-2-1-3(9)8(4(2)10)5(11)12-7/h1H. The highest BCUT2D eigenvalue weighted by Gasteiger charge is 2.36. The molecule has 0 saturated heterocycles. The lowest BCUT2D eigenvalue weighted by atomic mass is 10.6. The summed E-state index contributed by atoms with van der Waals surface area (Å²) in [5, 5.41) is -0.345. The molecule has 0 aliphatic carbocycles. The Kier molecular flexibility index (Phi) is 2.35. The average Bonchev–Trinajstić information content (AvgIpc) is 2.26. The minimum atomic E-state index is -1.27. The Morgan fingerprint density at radius 2 is 2.08 bits per heavy atom. The summed E-state index contributed by atoms with van der Waals surface area (Å²) in [5.74, 6) is -1.80. The number of imide groups is 3. The third kappa shape index (κ3) is 1.28. The van der Waals surface area contributed by atoms with E-state index in [1.807, 2.05) is 0 Å². The molecule has 0 bridgehead atoms. The van der Waals surface area contributed by atoms with Crippen LogP contribution in [0.25, 0.3) is 0 Å². The van der Waals surface area contributed by atoms with Crippen LogP contribution in [0.3, 0.4) is 0 Å². The number of rotatable bonds is 0. The molecule has 0 unspecified atom stereocenters. The van der Waals surface area contributed by atoms with Crippen molar-refractivity contribution in [1.82, 2.24) is 4.90 Å². The first kappa shape index (κ1) is 9.02. The van der Waals surface area contributed by atoms with Gasteiger partial charge in [-0.15, -0.1) is 0 Å². The topological polar surface area (TPSA) is 63.7 Å². The van der Waals surface area contributed by atoms with E-state index >= 15 is 0 Å². The molecule has 0 spiro atoms. The van der Waals surface area contributed by atoms with E-state index in [9.17, 15) is 14.4 Å². The van der Waals surface area contributed by atoms with Crippen molar-refractivity contribution in [2.24, 2.45) is 0 Å². The predicted octanol–water partition coefficient (Wildman–Crippen LogP) is 0.768. The first-order valence-electron chi connectivity index (χ1n) is 2.66. The number of halogens is 2. The van der Waals surface area contributed by atoms with Gasteiger partial charge in [-0.05, 0) is 0 Å². The van der Waals surface area contributed by atoms with Crippen molar-refractivity contribution >= 4 is 41.4 Å². The fourth-order valence-corrected chi connectivity index (χ4v) is 0.896. The van der Waals surface area contributed by atoms with E-state index in [4.69, 9.17) is 11.6 Å². The summed E-state index contributed by atoms with van der Waals surface area (Å²) in [6.07, 6.45) is -0.462. The molecule has 0 aromatic heterocycles. The van der Waals surface area contributed by atoms with Crippen LogP contribution in [0.15, 0.2) is 11.1 Å². The monoisotopic (exact) mass is 209 g/mol. The summed E-state index contributed by atoms with van der Waals surface area (Å²) in [6.45, 7) is 0. The van der Waals surface area contributed by atoms with Crippen LogP contribution in [-0.4, -0.2) is 22.8 Å². The molecule has 0 aromatic carbocycles. The molecular formula is C5HCl2NO4. The van der Waals surface area contributed by atoms with Crippen LogP contribution in [0.4, 0.5) is 4.79 Å². The molecule has 5 nitrogen and oxygen atoms in total. The molecule has 0 aromatic rings. The Morgan fingerprint density at radius 1 is 1.50 bits per heavy atom. The molecule has 1 aliphatic heterocycles. The van der Waals surface area contributed by atoms with E-state index in [0.29, 0.717) is 0 Å². The number of carbonyl (C=O) groups is 3. The zero-order valence-corrected chi connectivity index (χ0v) is 6.93. The molecule has 0 N–H and O–H groups in total. The summed E-state index contributed by atoms with van der Waals surface area (Å²) < 4.78 is 3.65. The summed E-state index contributed by atoms with van der Waals surface area (Å²) in [5.41, 5.74) is 0. The SMILES string of the molecule is O=C1C=C(Cl)C(=O)N1C(=O)OCl. The lowest BCUT2D eigenvalue weighted by molar-refractivity contribution is -0.134. The third-order valence-electron chi connectivity index (χ3n) is 1.13. The van der Waals surface area contributed by atoms with Gasteiger partial charge in [-0.25, -0.2) is 4.79 Å². The fourth-order valence-electron chi connectivity index (χ4n) is 0.649. The number of nitrogens with zero attached hydrogens (tertiary/aromatic N) is 1. The molecule has 64 valence electrons. The van der Waals surface area contributed by atoms with Crippen LogP contribution in [-0.2, 0) is 13.9 Å². The first-order valence-corrected chi connectivity index (χ1v) is 3.34. The Balaban J connectivity index is 2.91. The van der Waals surface area contributed by atoms with Crippen LogP contribution < -0.4 is 0 Å². The van der Waals surface area contributed by atoms with Gasteiger partial charge in [0.25, 0.3) is 11.8 Å². The molecule has 0 atom stereocenters. The Morgan fingerprint density at radius 3 is 2.42 bits per heavy atom. The van der Waals surface area contributed by atoms with Crippen molar-refractivity contribution in [3.8, 4) is 0 Å². The molecule has 0 radical (unpaired) electrons. The van der Waals surface area contributed by atoms with Gasteiger partial charge in [0.2, 0.25) is 0 Å². The maximum absolute atomic E-state index is 10.9. The normalized spacial score (nSPS) is 16.5. The number of amides is 3. The van der Waals surface area contributed by atoms with Crippen molar-refractivity contribution in [2.75, 3.05) is 0 Å². The van der Waals surface area contributed by atoms with Gasteiger partial charge in [-0.1, -0.05) is 11.6 Å². The van der Waals surface area contributed by atoms with Crippen LogP contribution in [0.2, 0.25) is 0 Å². The molecule has 12 heavy (non-hydrogen) atoms. The minimum Gasteiger partial charge on any atom is -0.329 e. The molecule has 0 fully saturated rings. The van der Waals surface area contributed by atoms with Gasteiger partial charge in [0, 0.05) is 6.08 Å². The molecular weight excluding hydrogens is 209 g/mol. The number of hydrogen-bond acceptors (Lipinski definition) is 4. The molecule has 1 rings (SSSR count). The summed E-state index contributed by atoms with van der Waals surface area (Å²) >= 11 is 9.90. The zero-order chi connectivity index (χ0) is 9.30. The van der Waals surface area contributed by atoms with Crippen LogP contribution in [0.5, 0.6) is 0 Å². The number of hydrogen-bond donors (Lipinski definition) is 0. The van der Waals surface area contributed by atoms with E-state index in [-0.39, 0.29) is 9.93 Å². The van der Waals surface area contributed by atoms with Crippen molar-refractivity contribution < 1.29 is 18.7 Å². The second-order valence-corrected chi connectivity index (χ2v) is 2.38. The molecule has 0 saturated carbocycles. The number of carbonyl (C=O) groups excluding carboxylic acids is 3. The second-order valence-electron chi connectivity index (χ2n) is 1.81. The average molecular weight is 210 g/mol. The van der Waals surface area contributed by atoms with Crippen molar-refractivity contribution in [1.29, 1.82) is 0 Å². The Labute approximate surface area is 76.6 Å². The van der Waals surface area contributed by atoms with E-state index in [2.05, 4.69) is 16.2 Å². The van der Waals surface area contributed by atoms with Crippen LogP contribution >= 0.6 is 23.5 Å². The zero-order valence-electron chi connectivity index (χ0n) is 5.41. The van der Waals surface area contributed by atoms with Crippen molar-refractivity contribution in [2.45, 2.75) is 0 Å². The Hall–Kier alpha value is -1.07. The summed E-state index contributed by atoms with van der Waals surface area (Å²) in [7, 11) is 0. The Bertz CT molecular complexity index is 298. The lowest BCUT2D eigenvalue weighted by Crippen LogP contribution is -2.35. The van der Waals surface area contributed by atoms with E-state index in [1.54, 1.807) is 0 Å². The highest BCUT2D eigenvalue weighted by Crippen LogP contribution is 2.17. The largest absolute Gasteiger partial charge is 0.442 e. The second kappa shape index (κ2) is 3.12. The quantitative estimate of drug-likeness (QED) is 0.553. The summed E-state index contributed by atoms with van der Waals surface area (Å²) in [4.78, 5) is 32.5. The highest BCUT2D eigenvalue weighted by atomic mass is 35.5. The van der Waals surface area contributed by atoms with Crippen LogP contribution in [0.1, 0.15) is 0 Å². The van der Waals surface area contributed by atoms with Gasteiger partial charge < -0.3 is 4.29 Å². The van der Waals surface area contributed by atoms with E-state index < -0.39 is 17.9 Å². The predicted molar refractivity (Wildman–Crippen MR) is 38.1 cm³/mol. The van der Waals surface area contributed by atoms with E-state index in [0.717, 1.165) is 6.08 Å². The van der Waals surface area contributed by atoms with Gasteiger partial charge in [0.15, 0.2) is 0 Å². The fraction of sp³-hybridized carbons (Fsp3) is 0. The first-order chi connectivity index (χ1) is 5.57.